The number of hydrogen-bond donors (Lipinski definition) is 2. The molecule has 2 amide bonds. The Kier molecular flexibility index (Phi) is 8.75. The molecule has 3 aromatic rings. The van der Waals surface area contributed by atoms with Gasteiger partial charge in [0, 0.05) is 22.7 Å². The zero-order chi connectivity index (χ0) is 22.8. The Hall–Kier alpha value is -3.25. The summed E-state index contributed by atoms with van der Waals surface area (Å²) in [6.07, 6.45) is 2.35. The summed E-state index contributed by atoms with van der Waals surface area (Å²) in [5.41, 5.74) is 2.34. The van der Waals surface area contributed by atoms with E-state index in [-0.39, 0.29) is 11.8 Å². The summed E-state index contributed by atoms with van der Waals surface area (Å²) in [6, 6.07) is 24.5. The highest BCUT2D eigenvalue weighted by Gasteiger charge is 2.22. The Balaban J connectivity index is 1.77. The Bertz CT molecular complexity index is 1020. The maximum atomic E-state index is 13.2. The molecule has 3 aromatic carbocycles. The molecule has 3 rings (SSSR count). The van der Waals surface area contributed by atoms with Crippen LogP contribution in [0.1, 0.15) is 37.0 Å². The van der Waals surface area contributed by atoms with Crippen molar-refractivity contribution in [1.29, 1.82) is 0 Å². The van der Waals surface area contributed by atoms with Gasteiger partial charge in [-0.25, -0.2) is 0 Å². The molecule has 0 fully saturated rings. The second-order valence-corrected chi connectivity index (χ2v) is 8.48. The van der Waals surface area contributed by atoms with Gasteiger partial charge in [0.15, 0.2) is 0 Å². The van der Waals surface area contributed by atoms with Crippen molar-refractivity contribution >= 4 is 35.0 Å². The van der Waals surface area contributed by atoms with E-state index in [2.05, 4.69) is 17.6 Å². The van der Waals surface area contributed by atoms with Crippen LogP contribution in [0.15, 0.2) is 83.8 Å². The molecule has 1 unspecified atom stereocenters. The highest BCUT2D eigenvalue weighted by Crippen LogP contribution is 2.37. The van der Waals surface area contributed by atoms with E-state index in [9.17, 15) is 9.59 Å². The molecule has 32 heavy (non-hydrogen) atoms. The molecule has 0 aliphatic carbocycles. The van der Waals surface area contributed by atoms with E-state index in [0.29, 0.717) is 12.1 Å². The van der Waals surface area contributed by atoms with Gasteiger partial charge in [-0.3, -0.25) is 9.59 Å². The Labute approximate surface area is 193 Å². The molecule has 6 heteroatoms. The summed E-state index contributed by atoms with van der Waals surface area (Å²) in [7, 11) is 1.61. The molecular weight excluding hydrogens is 420 g/mol. The van der Waals surface area contributed by atoms with Crippen molar-refractivity contribution in [2.75, 3.05) is 17.7 Å². The van der Waals surface area contributed by atoms with Crippen LogP contribution in [0.2, 0.25) is 0 Å². The second-order valence-electron chi connectivity index (χ2n) is 7.31. The largest absolute Gasteiger partial charge is 0.497 e. The van der Waals surface area contributed by atoms with Gasteiger partial charge in [-0.2, -0.15) is 0 Å². The molecule has 0 aliphatic rings. The number of benzene rings is 3. The fraction of sp³-hybridized carbons (Fsp3) is 0.231. The minimum Gasteiger partial charge on any atom is -0.497 e. The van der Waals surface area contributed by atoms with Crippen molar-refractivity contribution in [3.63, 3.8) is 0 Å². The summed E-state index contributed by atoms with van der Waals surface area (Å²) >= 11 is 1.45. The van der Waals surface area contributed by atoms with Crippen molar-refractivity contribution in [1.82, 2.24) is 0 Å². The van der Waals surface area contributed by atoms with E-state index in [1.54, 1.807) is 7.11 Å². The molecule has 0 aliphatic heterocycles. The molecule has 0 aromatic heterocycles. The number of unbranched alkanes of at least 4 members (excludes halogenated alkanes) is 1. The highest BCUT2D eigenvalue weighted by molar-refractivity contribution is 8.00. The number of carbonyl (C=O) groups excluding carboxylic acids is 2. The van der Waals surface area contributed by atoms with Gasteiger partial charge in [0.2, 0.25) is 11.8 Å². The molecule has 0 saturated heterocycles. The topological polar surface area (TPSA) is 67.4 Å². The third kappa shape index (κ3) is 6.89. The Morgan fingerprint density at radius 2 is 1.66 bits per heavy atom. The van der Waals surface area contributed by atoms with Crippen molar-refractivity contribution in [2.24, 2.45) is 0 Å². The van der Waals surface area contributed by atoms with Crippen molar-refractivity contribution < 1.29 is 14.3 Å². The summed E-state index contributed by atoms with van der Waals surface area (Å²) in [4.78, 5) is 26.2. The van der Waals surface area contributed by atoms with Gasteiger partial charge in [0.1, 0.15) is 11.0 Å². The molecule has 1 atom stereocenters. The number of ether oxygens (including phenoxy) is 1. The lowest BCUT2D eigenvalue weighted by molar-refractivity contribution is -0.116. The number of thioether (sulfide) groups is 1. The first-order valence-electron chi connectivity index (χ1n) is 10.7. The summed E-state index contributed by atoms with van der Waals surface area (Å²) in [5.74, 6) is 0.615. The predicted molar refractivity (Wildman–Crippen MR) is 131 cm³/mol. The maximum absolute atomic E-state index is 13.2. The minimum absolute atomic E-state index is 0.00542. The monoisotopic (exact) mass is 448 g/mol. The smallest absolute Gasteiger partial charge is 0.242 e. The minimum atomic E-state index is -0.454. The molecule has 5 nitrogen and oxygen atoms in total. The van der Waals surface area contributed by atoms with Crippen LogP contribution in [0.3, 0.4) is 0 Å². The van der Waals surface area contributed by atoms with E-state index in [1.165, 1.54) is 11.8 Å². The SMILES string of the molecule is CCCCC(=O)Nc1cccc(SC(C(=O)Nc2ccc(OC)cc2)c2ccccc2)c1. The van der Waals surface area contributed by atoms with Crippen molar-refractivity contribution in [3.05, 3.63) is 84.4 Å². The summed E-state index contributed by atoms with van der Waals surface area (Å²) < 4.78 is 5.18. The van der Waals surface area contributed by atoms with Gasteiger partial charge in [-0.05, 0) is 54.4 Å². The molecule has 166 valence electrons. The average molecular weight is 449 g/mol. The summed E-state index contributed by atoms with van der Waals surface area (Å²) in [6.45, 7) is 2.06. The maximum Gasteiger partial charge on any atom is 0.242 e. The van der Waals surface area contributed by atoms with Crippen LogP contribution < -0.4 is 15.4 Å². The third-order valence-corrected chi connectivity index (χ3v) is 6.08. The lowest BCUT2D eigenvalue weighted by atomic mass is 10.1. The second kappa shape index (κ2) is 12.0. The average Bonchev–Trinajstić information content (AvgIpc) is 2.82. The van der Waals surface area contributed by atoms with Crippen LogP contribution in [0, 0.1) is 0 Å². The third-order valence-electron chi connectivity index (χ3n) is 4.83. The van der Waals surface area contributed by atoms with Crippen molar-refractivity contribution in [2.45, 2.75) is 36.3 Å². The number of hydrogen-bond acceptors (Lipinski definition) is 4. The normalized spacial score (nSPS) is 11.4. The van der Waals surface area contributed by atoms with Crippen LogP contribution in [0.4, 0.5) is 11.4 Å². The molecular formula is C26H28N2O3S. The molecule has 0 bridgehead atoms. The Morgan fingerprint density at radius 3 is 2.34 bits per heavy atom. The lowest BCUT2D eigenvalue weighted by Crippen LogP contribution is -2.19. The fourth-order valence-electron chi connectivity index (χ4n) is 3.13. The predicted octanol–water partition coefficient (Wildman–Crippen LogP) is 6.30. The number of carbonyl (C=O) groups is 2. The number of anilines is 2. The summed E-state index contributed by atoms with van der Waals surface area (Å²) in [5, 5.41) is 5.49. The number of nitrogens with one attached hydrogen (secondary N) is 2. The molecule has 0 spiro atoms. The van der Waals surface area contributed by atoms with Gasteiger partial charge in [-0.1, -0.05) is 49.7 Å². The number of rotatable bonds is 10. The van der Waals surface area contributed by atoms with E-state index in [0.717, 1.165) is 34.7 Å². The van der Waals surface area contributed by atoms with Crippen LogP contribution in [0.5, 0.6) is 5.75 Å². The standard InChI is InChI=1S/C26H28N2O3S/c1-3-4-13-24(29)27-21-11-8-12-23(18-21)32-25(19-9-6-5-7-10-19)26(30)28-20-14-16-22(31-2)17-15-20/h5-12,14-18,25H,3-4,13H2,1-2H3,(H,27,29)(H,28,30). The number of amides is 2. The quantitative estimate of drug-likeness (QED) is 0.357. The first-order valence-corrected chi connectivity index (χ1v) is 11.5. The number of methoxy groups -OCH3 is 1. The zero-order valence-corrected chi connectivity index (χ0v) is 19.2. The van der Waals surface area contributed by atoms with Gasteiger partial charge in [-0.15, -0.1) is 11.8 Å². The lowest BCUT2D eigenvalue weighted by Gasteiger charge is -2.18. The fourth-order valence-corrected chi connectivity index (χ4v) is 4.21. The highest BCUT2D eigenvalue weighted by atomic mass is 32.2. The van der Waals surface area contributed by atoms with Gasteiger partial charge >= 0.3 is 0 Å². The van der Waals surface area contributed by atoms with Crippen LogP contribution >= 0.6 is 11.8 Å². The molecule has 0 heterocycles. The molecule has 0 saturated carbocycles. The van der Waals surface area contributed by atoms with Crippen molar-refractivity contribution in [3.8, 4) is 5.75 Å². The van der Waals surface area contributed by atoms with E-state index in [4.69, 9.17) is 4.74 Å². The first kappa shape index (κ1) is 23.4. The molecule has 2 N–H and O–H groups in total. The first-order chi connectivity index (χ1) is 15.6. The van der Waals surface area contributed by atoms with Crippen LogP contribution in [-0.2, 0) is 9.59 Å². The van der Waals surface area contributed by atoms with E-state index >= 15 is 0 Å². The Morgan fingerprint density at radius 1 is 0.906 bits per heavy atom. The van der Waals surface area contributed by atoms with Gasteiger partial charge in [0.25, 0.3) is 0 Å². The van der Waals surface area contributed by atoms with Gasteiger partial charge in [0.05, 0.1) is 7.11 Å². The van der Waals surface area contributed by atoms with Gasteiger partial charge < -0.3 is 15.4 Å². The van der Waals surface area contributed by atoms with E-state index in [1.807, 2.05) is 78.9 Å². The van der Waals surface area contributed by atoms with Crippen LogP contribution in [-0.4, -0.2) is 18.9 Å². The molecule has 0 radical (unpaired) electrons. The zero-order valence-electron chi connectivity index (χ0n) is 18.3. The van der Waals surface area contributed by atoms with E-state index < -0.39 is 5.25 Å². The van der Waals surface area contributed by atoms with Crippen LogP contribution in [0.25, 0.3) is 0 Å².